The molecular formula is C14H12N4O2. The highest BCUT2D eigenvalue weighted by Crippen LogP contribution is 2.42. The van der Waals surface area contributed by atoms with E-state index in [2.05, 4.69) is 22.2 Å². The van der Waals surface area contributed by atoms with Crippen LogP contribution < -0.4 is 5.73 Å². The van der Waals surface area contributed by atoms with Crippen LogP contribution in [0.2, 0.25) is 0 Å². The molecule has 2 heterocycles. The van der Waals surface area contributed by atoms with Crippen molar-refractivity contribution in [1.82, 2.24) is 9.78 Å². The Kier molecular flexibility index (Phi) is 2.07. The van der Waals surface area contributed by atoms with Crippen molar-refractivity contribution < 1.29 is 9.53 Å². The molecule has 1 aliphatic heterocycles. The van der Waals surface area contributed by atoms with E-state index in [0.717, 1.165) is 17.7 Å². The van der Waals surface area contributed by atoms with Gasteiger partial charge in [-0.25, -0.2) is 4.68 Å². The molecular weight excluding hydrogens is 256 g/mol. The van der Waals surface area contributed by atoms with Crippen molar-refractivity contribution in [2.24, 2.45) is 10.7 Å². The fraction of sp³-hybridized carbons (Fsp3) is 0.214. The predicted octanol–water partition coefficient (Wildman–Crippen LogP) is 0.890. The third-order valence-corrected chi connectivity index (χ3v) is 3.76. The van der Waals surface area contributed by atoms with Crippen LogP contribution in [0.3, 0.4) is 0 Å². The van der Waals surface area contributed by atoms with Crippen molar-refractivity contribution in [3.05, 3.63) is 47.3 Å². The maximum Gasteiger partial charge on any atom is 0.251 e. The average Bonchev–Trinajstić information content (AvgIpc) is 3.13. The molecule has 20 heavy (non-hydrogen) atoms. The number of ether oxygens (including phenoxy) is 1. The summed E-state index contributed by atoms with van der Waals surface area (Å²) in [4.78, 5) is 15.2. The van der Waals surface area contributed by atoms with Gasteiger partial charge in [0, 0.05) is 12.6 Å². The number of carbonyl (C=O) groups is 1. The fourth-order valence-corrected chi connectivity index (χ4v) is 2.77. The molecule has 0 fully saturated rings. The molecule has 6 nitrogen and oxygen atoms in total. The van der Waals surface area contributed by atoms with Gasteiger partial charge in [-0.3, -0.25) is 9.79 Å². The number of fused-ring (bicyclic) bond motifs is 1. The summed E-state index contributed by atoms with van der Waals surface area (Å²) in [6.45, 7) is 0.671. The molecule has 2 N–H and O–H groups in total. The monoisotopic (exact) mass is 268 g/mol. The minimum Gasteiger partial charge on any atom is -0.471 e. The number of rotatable bonds is 2. The van der Waals surface area contributed by atoms with Gasteiger partial charge >= 0.3 is 0 Å². The highest BCUT2D eigenvalue weighted by Gasteiger charge is 2.40. The van der Waals surface area contributed by atoms with Crippen molar-refractivity contribution in [1.29, 1.82) is 0 Å². The van der Waals surface area contributed by atoms with Crippen molar-refractivity contribution >= 4 is 18.0 Å². The Hall–Kier alpha value is -2.63. The highest BCUT2D eigenvalue weighted by molar-refractivity contribution is 5.92. The molecule has 0 saturated carbocycles. The SMILES string of the molecule is NC(=O)c1cnn(C2=CC3=CC4(CN=CO4)CC3=C2)c1. The Labute approximate surface area is 114 Å². The molecule has 0 aromatic carbocycles. The normalized spacial score (nSPS) is 26.3. The van der Waals surface area contributed by atoms with Crippen LogP contribution in [0.15, 0.2) is 46.8 Å². The first-order valence-electron chi connectivity index (χ1n) is 6.32. The van der Waals surface area contributed by atoms with Crippen LogP contribution >= 0.6 is 0 Å². The van der Waals surface area contributed by atoms with Crippen molar-refractivity contribution in [2.75, 3.05) is 6.54 Å². The van der Waals surface area contributed by atoms with Crippen molar-refractivity contribution in [3.8, 4) is 0 Å². The molecule has 1 atom stereocenters. The molecule has 1 aromatic rings. The number of carbonyl (C=O) groups excluding carboxylic acids is 1. The van der Waals surface area contributed by atoms with Crippen LogP contribution in [0.5, 0.6) is 0 Å². The van der Waals surface area contributed by atoms with Gasteiger partial charge in [-0.15, -0.1) is 0 Å². The molecule has 1 amide bonds. The van der Waals surface area contributed by atoms with Crippen LogP contribution in [0.25, 0.3) is 5.70 Å². The summed E-state index contributed by atoms with van der Waals surface area (Å²) in [7, 11) is 0. The van der Waals surface area contributed by atoms with Gasteiger partial charge in [-0.05, 0) is 29.4 Å². The lowest BCUT2D eigenvalue weighted by atomic mass is 10.0. The first-order valence-corrected chi connectivity index (χ1v) is 6.32. The highest BCUT2D eigenvalue weighted by atomic mass is 16.5. The minimum absolute atomic E-state index is 0.286. The van der Waals surface area contributed by atoms with E-state index in [9.17, 15) is 4.79 Å². The number of hydrogen-bond acceptors (Lipinski definition) is 4. The predicted molar refractivity (Wildman–Crippen MR) is 73.0 cm³/mol. The van der Waals surface area contributed by atoms with Gasteiger partial charge in [-0.1, -0.05) is 0 Å². The molecule has 1 unspecified atom stereocenters. The summed E-state index contributed by atoms with van der Waals surface area (Å²) in [5.74, 6) is -0.475. The standard InChI is InChI=1S/C14H12N4O2/c15-13(19)11-5-17-18(6-11)12-1-9-3-14(4-10(9)2-12)7-16-8-20-14/h1-3,5-6,8H,4,7H2,(H2,15,19). The fourth-order valence-electron chi connectivity index (χ4n) is 2.77. The number of nitrogens with two attached hydrogens (primary N) is 1. The van der Waals surface area contributed by atoms with E-state index in [0.29, 0.717) is 12.1 Å². The lowest BCUT2D eigenvalue weighted by Crippen LogP contribution is -2.26. The molecule has 6 heteroatoms. The lowest BCUT2D eigenvalue weighted by molar-refractivity contribution is 0.100. The molecule has 1 spiro atoms. The lowest BCUT2D eigenvalue weighted by Gasteiger charge is -2.18. The summed E-state index contributed by atoms with van der Waals surface area (Å²) in [5.41, 5.74) is 8.62. The van der Waals surface area contributed by atoms with E-state index in [-0.39, 0.29) is 5.60 Å². The molecule has 3 aliphatic rings. The minimum atomic E-state index is -0.475. The van der Waals surface area contributed by atoms with Crippen LogP contribution in [0.1, 0.15) is 16.8 Å². The van der Waals surface area contributed by atoms with E-state index in [4.69, 9.17) is 10.5 Å². The van der Waals surface area contributed by atoms with E-state index in [1.165, 1.54) is 18.2 Å². The Balaban J connectivity index is 1.65. The van der Waals surface area contributed by atoms with Gasteiger partial charge < -0.3 is 10.5 Å². The average molecular weight is 268 g/mol. The number of allylic oxidation sites excluding steroid dienone is 4. The van der Waals surface area contributed by atoms with E-state index >= 15 is 0 Å². The van der Waals surface area contributed by atoms with E-state index in [1.807, 2.05) is 6.08 Å². The third-order valence-electron chi connectivity index (χ3n) is 3.76. The van der Waals surface area contributed by atoms with Crippen molar-refractivity contribution in [2.45, 2.75) is 12.0 Å². The van der Waals surface area contributed by atoms with Crippen LogP contribution in [0, 0.1) is 0 Å². The number of aliphatic imine (C=N–C) groups is 1. The van der Waals surface area contributed by atoms with Crippen LogP contribution in [0.4, 0.5) is 0 Å². The second-order valence-electron chi connectivity index (χ2n) is 5.18. The summed E-state index contributed by atoms with van der Waals surface area (Å²) < 4.78 is 7.25. The zero-order chi connectivity index (χ0) is 13.7. The summed E-state index contributed by atoms with van der Waals surface area (Å²) in [5, 5.41) is 4.16. The van der Waals surface area contributed by atoms with E-state index in [1.54, 1.807) is 10.9 Å². The molecule has 4 rings (SSSR count). The van der Waals surface area contributed by atoms with Gasteiger partial charge in [0.1, 0.15) is 0 Å². The smallest absolute Gasteiger partial charge is 0.251 e. The molecule has 1 aromatic heterocycles. The Morgan fingerprint density at radius 3 is 3.00 bits per heavy atom. The zero-order valence-corrected chi connectivity index (χ0v) is 10.6. The maximum absolute atomic E-state index is 11.1. The first-order chi connectivity index (χ1) is 9.65. The quantitative estimate of drug-likeness (QED) is 0.864. The van der Waals surface area contributed by atoms with Gasteiger partial charge in [-0.2, -0.15) is 5.10 Å². The summed E-state index contributed by atoms with van der Waals surface area (Å²) >= 11 is 0. The van der Waals surface area contributed by atoms with Gasteiger partial charge in [0.25, 0.3) is 5.91 Å². The number of hydrogen-bond donors (Lipinski definition) is 1. The molecule has 100 valence electrons. The third kappa shape index (κ3) is 1.54. The Morgan fingerprint density at radius 1 is 1.45 bits per heavy atom. The number of primary amides is 1. The Bertz CT molecular complexity index is 728. The largest absolute Gasteiger partial charge is 0.471 e. The molecule has 0 bridgehead atoms. The zero-order valence-electron chi connectivity index (χ0n) is 10.6. The maximum atomic E-state index is 11.1. The second kappa shape index (κ2) is 3.69. The number of nitrogens with zero attached hydrogens (tertiary/aromatic N) is 3. The topological polar surface area (TPSA) is 82.5 Å². The summed E-state index contributed by atoms with van der Waals surface area (Å²) in [6.07, 6.45) is 11.6. The Morgan fingerprint density at radius 2 is 2.35 bits per heavy atom. The molecule has 0 saturated heterocycles. The van der Waals surface area contributed by atoms with Crippen LogP contribution in [-0.2, 0) is 4.74 Å². The van der Waals surface area contributed by atoms with Gasteiger partial charge in [0.2, 0.25) is 0 Å². The van der Waals surface area contributed by atoms with Crippen molar-refractivity contribution in [3.63, 3.8) is 0 Å². The summed E-state index contributed by atoms with van der Waals surface area (Å²) in [6, 6.07) is 0. The van der Waals surface area contributed by atoms with Gasteiger partial charge in [0.05, 0.1) is 24.0 Å². The van der Waals surface area contributed by atoms with E-state index < -0.39 is 5.91 Å². The van der Waals surface area contributed by atoms with Crippen LogP contribution in [-0.4, -0.2) is 34.2 Å². The second-order valence-corrected chi connectivity index (χ2v) is 5.18. The first kappa shape index (κ1) is 11.2. The number of aromatic nitrogens is 2. The molecule has 2 aliphatic carbocycles. The number of amides is 1. The molecule has 0 radical (unpaired) electrons. The van der Waals surface area contributed by atoms with Gasteiger partial charge in [0.15, 0.2) is 12.0 Å².